The summed E-state index contributed by atoms with van der Waals surface area (Å²) in [6.45, 7) is -0.329. The van der Waals surface area contributed by atoms with Crippen molar-refractivity contribution in [2.45, 2.75) is 10.8 Å². The van der Waals surface area contributed by atoms with Crippen LogP contribution in [0.4, 0.5) is 10.1 Å². The van der Waals surface area contributed by atoms with Gasteiger partial charge in [-0.2, -0.15) is 0 Å². The van der Waals surface area contributed by atoms with Gasteiger partial charge in [-0.25, -0.2) is 12.8 Å². The van der Waals surface area contributed by atoms with E-state index >= 15 is 0 Å². The maximum Gasteiger partial charge on any atom is 0.312 e. The smallest absolute Gasteiger partial charge is 0.312 e. The number of halogens is 2. The molecule has 1 heterocycles. The third-order valence-electron chi connectivity index (χ3n) is 3.69. The highest BCUT2D eigenvalue weighted by Crippen LogP contribution is 2.41. The minimum absolute atomic E-state index is 0.0269. The first-order valence-electron chi connectivity index (χ1n) is 6.62. The number of fused-ring (bicyclic) bond motifs is 1. The van der Waals surface area contributed by atoms with Crippen molar-refractivity contribution in [1.82, 2.24) is 0 Å². The number of rotatable bonds is 3. The standard InChI is InChI=1S/C15H11BrFNO4S/c16-9-4-6-10(7-5-9)23(21,22)18-8-12(15(19)20)11-2-1-3-13(17)14(11)18/h1-7,12H,8H2,(H,19,20). The van der Waals surface area contributed by atoms with E-state index in [1.165, 1.54) is 24.3 Å². The van der Waals surface area contributed by atoms with Gasteiger partial charge in [0.2, 0.25) is 0 Å². The third-order valence-corrected chi connectivity index (χ3v) is 6.00. The Kier molecular flexibility index (Phi) is 3.89. The van der Waals surface area contributed by atoms with Crippen LogP contribution in [0.1, 0.15) is 11.5 Å². The molecule has 0 radical (unpaired) electrons. The molecule has 0 fully saturated rings. The molecule has 0 saturated carbocycles. The molecule has 8 heteroatoms. The molecule has 1 N–H and O–H groups in total. The summed E-state index contributed by atoms with van der Waals surface area (Å²) in [4.78, 5) is 11.4. The highest BCUT2D eigenvalue weighted by Gasteiger charge is 2.41. The van der Waals surface area contributed by atoms with E-state index in [1.807, 2.05) is 0 Å². The minimum Gasteiger partial charge on any atom is -0.481 e. The number of para-hydroxylation sites is 1. The summed E-state index contributed by atoms with van der Waals surface area (Å²) in [7, 11) is -4.05. The third kappa shape index (κ3) is 2.61. The summed E-state index contributed by atoms with van der Waals surface area (Å²) in [5.74, 6) is -3.04. The van der Waals surface area contributed by atoms with Crippen molar-refractivity contribution in [2.75, 3.05) is 10.8 Å². The average Bonchev–Trinajstić information content (AvgIpc) is 2.89. The van der Waals surface area contributed by atoms with Gasteiger partial charge in [0, 0.05) is 4.47 Å². The van der Waals surface area contributed by atoms with Crippen molar-refractivity contribution >= 4 is 37.6 Å². The number of sulfonamides is 1. The number of hydrogen-bond donors (Lipinski definition) is 1. The number of nitrogens with zero attached hydrogens (tertiary/aromatic N) is 1. The maximum atomic E-state index is 14.2. The molecule has 23 heavy (non-hydrogen) atoms. The summed E-state index contributed by atoms with van der Waals surface area (Å²) in [5, 5.41) is 9.29. The van der Waals surface area contributed by atoms with Gasteiger partial charge in [-0.15, -0.1) is 0 Å². The fourth-order valence-corrected chi connectivity index (χ4v) is 4.37. The molecule has 1 aliphatic heterocycles. The Morgan fingerprint density at radius 3 is 2.48 bits per heavy atom. The van der Waals surface area contributed by atoms with Crippen molar-refractivity contribution in [1.29, 1.82) is 0 Å². The van der Waals surface area contributed by atoms with E-state index < -0.39 is 27.7 Å². The van der Waals surface area contributed by atoms with E-state index in [1.54, 1.807) is 12.1 Å². The summed E-state index contributed by atoms with van der Waals surface area (Å²) < 4.78 is 41.3. The first kappa shape index (κ1) is 15.9. The topological polar surface area (TPSA) is 74.7 Å². The number of carbonyl (C=O) groups is 1. The monoisotopic (exact) mass is 399 g/mol. The number of carboxylic acid groups (broad SMARTS) is 1. The van der Waals surface area contributed by atoms with Gasteiger partial charge >= 0.3 is 5.97 Å². The predicted octanol–water partition coefficient (Wildman–Crippen LogP) is 2.97. The van der Waals surface area contributed by atoms with Gasteiger partial charge in [-0.3, -0.25) is 9.10 Å². The van der Waals surface area contributed by atoms with Crippen LogP contribution >= 0.6 is 15.9 Å². The van der Waals surface area contributed by atoms with Crippen LogP contribution < -0.4 is 4.31 Å². The van der Waals surface area contributed by atoms with E-state index in [0.29, 0.717) is 4.47 Å². The molecule has 0 bridgehead atoms. The summed E-state index contributed by atoms with van der Waals surface area (Å²) in [6, 6.07) is 9.81. The molecule has 1 aliphatic rings. The first-order valence-corrected chi connectivity index (χ1v) is 8.85. The Balaban J connectivity index is 2.15. The van der Waals surface area contributed by atoms with Crippen LogP contribution in [-0.2, 0) is 14.8 Å². The summed E-state index contributed by atoms with van der Waals surface area (Å²) in [6.07, 6.45) is 0. The number of carboxylic acids is 1. The second-order valence-corrected chi connectivity index (χ2v) is 7.84. The Morgan fingerprint density at radius 2 is 1.87 bits per heavy atom. The lowest BCUT2D eigenvalue weighted by atomic mass is 10.0. The molecular weight excluding hydrogens is 389 g/mol. The minimum atomic E-state index is -4.05. The molecule has 0 aromatic heterocycles. The van der Waals surface area contributed by atoms with Crippen LogP contribution in [0.3, 0.4) is 0 Å². The van der Waals surface area contributed by atoms with Gasteiger partial charge in [0.1, 0.15) is 11.7 Å². The Labute approximate surface area is 140 Å². The van der Waals surface area contributed by atoms with E-state index in [9.17, 15) is 22.7 Å². The maximum absolute atomic E-state index is 14.2. The first-order chi connectivity index (χ1) is 10.8. The molecule has 2 aromatic rings. The molecule has 0 spiro atoms. The summed E-state index contributed by atoms with van der Waals surface area (Å²) in [5.41, 5.74) is -0.0268. The quantitative estimate of drug-likeness (QED) is 0.860. The SMILES string of the molecule is O=C(O)C1CN(S(=O)(=O)c2ccc(Br)cc2)c2c(F)cccc21. The lowest BCUT2D eigenvalue weighted by Crippen LogP contribution is -2.31. The molecule has 1 unspecified atom stereocenters. The molecule has 2 aromatic carbocycles. The normalized spacial score (nSPS) is 17.1. The van der Waals surface area contributed by atoms with Crippen LogP contribution in [0.15, 0.2) is 51.8 Å². The molecule has 1 atom stereocenters. The molecule has 0 saturated heterocycles. The fraction of sp³-hybridized carbons (Fsp3) is 0.133. The van der Waals surface area contributed by atoms with Crippen molar-refractivity contribution < 1.29 is 22.7 Å². The van der Waals surface area contributed by atoms with Gasteiger partial charge in [0.05, 0.1) is 17.1 Å². The van der Waals surface area contributed by atoms with Crippen molar-refractivity contribution in [3.8, 4) is 0 Å². The van der Waals surface area contributed by atoms with Crippen molar-refractivity contribution in [2.24, 2.45) is 0 Å². The average molecular weight is 400 g/mol. The van der Waals surface area contributed by atoms with Gasteiger partial charge in [0.15, 0.2) is 0 Å². The highest BCUT2D eigenvalue weighted by molar-refractivity contribution is 9.10. The van der Waals surface area contributed by atoms with E-state index in [4.69, 9.17) is 0 Å². The van der Waals surface area contributed by atoms with Crippen molar-refractivity contribution in [3.05, 3.63) is 58.3 Å². The van der Waals surface area contributed by atoms with Crippen LogP contribution in [0.5, 0.6) is 0 Å². The molecular formula is C15H11BrFNO4S. The summed E-state index contributed by atoms with van der Waals surface area (Å²) >= 11 is 3.22. The predicted molar refractivity (Wildman–Crippen MR) is 85.5 cm³/mol. The van der Waals surface area contributed by atoms with E-state index in [2.05, 4.69) is 15.9 Å². The Morgan fingerprint density at radius 1 is 1.22 bits per heavy atom. The molecule has 120 valence electrons. The zero-order chi connectivity index (χ0) is 16.8. The zero-order valence-corrected chi connectivity index (χ0v) is 14.0. The molecule has 0 amide bonds. The molecule has 0 aliphatic carbocycles. The molecule has 5 nitrogen and oxygen atoms in total. The largest absolute Gasteiger partial charge is 0.481 e. The van der Waals surface area contributed by atoms with Crippen LogP contribution in [0.25, 0.3) is 0 Å². The lowest BCUT2D eigenvalue weighted by molar-refractivity contribution is -0.138. The number of hydrogen-bond acceptors (Lipinski definition) is 3. The van der Waals surface area contributed by atoms with Crippen LogP contribution in [0.2, 0.25) is 0 Å². The Hall–Kier alpha value is -1.93. The highest BCUT2D eigenvalue weighted by atomic mass is 79.9. The van der Waals surface area contributed by atoms with E-state index in [0.717, 1.165) is 10.4 Å². The number of aliphatic carboxylic acids is 1. The molecule has 3 rings (SSSR count). The number of anilines is 1. The second-order valence-electron chi connectivity index (χ2n) is 5.06. The second kappa shape index (κ2) is 5.61. The number of benzene rings is 2. The van der Waals surface area contributed by atoms with E-state index in [-0.39, 0.29) is 22.7 Å². The van der Waals surface area contributed by atoms with Crippen molar-refractivity contribution in [3.63, 3.8) is 0 Å². The lowest BCUT2D eigenvalue weighted by Gasteiger charge is -2.20. The van der Waals surface area contributed by atoms with Crippen LogP contribution in [0, 0.1) is 5.82 Å². The zero-order valence-electron chi connectivity index (χ0n) is 11.6. The van der Waals surface area contributed by atoms with Crippen LogP contribution in [-0.4, -0.2) is 26.0 Å². The fourth-order valence-electron chi connectivity index (χ4n) is 2.60. The van der Waals surface area contributed by atoms with Gasteiger partial charge < -0.3 is 5.11 Å². The van der Waals surface area contributed by atoms with Gasteiger partial charge in [0.25, 0.3) is 10.0 Å². The van der Waals surface area contributed by atoms with Gasteiger partial charge in [-0.05, 0) is 35.9 Å². The van der Waals surface area contributed by atoms with Gasteiger partial charge in [-0.1, -0.05) is 28.1 Å². The Bertz CT molecular complexity index is 883.